The molecule has 0 spiro atoms. The predicted molar refractivity (Wildman–Crippen MR) is 63.8 cm³/mol. The summed E-state index contributed by atoms with van der Waals surface area (Å²) in [6.07, 6.45) is 1.44. The number of hydrogen-bond donors (Lipinski definition) is 1. The molecule has 1 aromatic rings. The van der Waals surface area contributed by atoms with Crippen LogP contribution in [0.5, 0.6) is 0 Å². The van der Waals surface area contributed by atoms with Crippen LogP contribution in [0.15, 0.2) is 24.3 Å². The quantitative estimate of drug-likeness (QED) is 0.444. The van der Waals surface area contributed by atoms with Crippen molar-refractivity contribution in [1.29, 1.82) is 0 Å². The molecule has 1 aliphatic heterocycles. The van der Waals surface area contributed by atoms with E-state index < -0.39 is 0 Å². The first-order valence-corrected chi connectivity index (χ1v) is 4.84. The Bertz CT molecular complexity index is 350. The number of nitrogens with one attached hydrogen (secondary N) is 1. The third-order valence-corrected chi connectivity index (χ3v) is 2.98. The Hall–Kier alpha value is -0.133. The first-order valence-electron chi connectivity index (χ1n) is 4.84. The van der Waals surface area contributed by atoms with Crippen LogP contribution in [-0.4, -0.2) is 21.6 Å². The summed E-state index contributed by atoms with van der Waals surface area (Å²) in [5.74, 6) is 0. The largest absolute Gasteiger partial charge is 1.00 e. The van der Waals surface area contributed by atoms with Crippen molar-refractivity contribution < 1.29 is 23.5 Å². The fourth-order valence-corrected chi connectivity index (χ4v) is 2.44. The van der Waals surface area contributed by atoms with Crippen LogP contribution in [0.25, 0.3) is 0 Å². The van der Waals surface area contributed by atoms with Gasteiger partial charge in [-0.25, -0.2) is 0 Å². The maximum atomic E-state index is 5.76. The first-order chi connectivity index (χ1) is 6.34. The second kappa shape index (κ2) is 4.80. The van der Waals surface area contributed by atoms with Crippen molar-refractivity contribution in [3.05, 3.63) is 35.4 Å². The minimum atomic E-state index is 0. The third-order valence-electron chi connectivity index (χ3n) is 2.98. The molecule has 0 aromatic heterocycles. The Kier molecular flexibility index (Phi) is 4.14. The van der Waals surface area contributed by atoms with E-state index in [9.17, 15) is 0 Å². The van der Waals surface area contributed by atoms with Gasteiger partial charge in [-0.1, -0.05) is 32.7 Å². The fourth-order valence-electron chi connectivity index (χ4n) is 2.44. The summed E-state index contributed by atoms with van der Waals surface area (Å²) in [7, 11) is 0.211. The molecule has 2 unspecified atom stereocenters. The molecule has 0 radical (unpaired) electrons. The molecule has 1 fully saturated rings. The molecule has 74 valence electrons. The van der Waals surface area contributed by atoms with Crippen LogP contribution in [0, 0.1) is 0 Å². The van der Waals surface area contributed by atoms with E-state index in [2.05, 4.69) is 36.3 Å². The summed E-state index contributed by atoms with van der Waals surface area (Å²) in [6, 6.07) is 9.04. The summed E-state index contributed by atoms with van der Waals surface area (Å²) in [5, 5.41) is 3.45. The Morgan fingerprint density at radius 3 is 2.93 bits per heavy atom. The minimum Gasteiger partial charge on any atom is -0.416 e. The Labute approximate surface area is 105 Å². The predicted octanol–water partition coefficient (Wildman–Crippen LogP) is -3.06. The van der Waals surface area contributed by atoms with E-state index in [1.807, 2.05) is 0 Å². The molecular formula is C10H16B2LiNO. The maximum Gasteiger partial charge on any atom is 1.00 e. The molecule has 15 heavy (non-hydrogen) atoms. The van der Waals surface area contributed by atoms with Crippen molar-refractivity contribution in [3.8, 4) is 0 Å². The average molecular weight is 195 g/mol. The fraction of sp³-hybridized carbons (Fsp3) is 0.400. The maximum absolute atomic E-state index is 5.76. The van der Waals surface area contributed by atoms with Gasteiger partial charge < -0.3 is 9.88 Å². The Balaban J connectivity index is 0.000000562. The topological polar surface area (TPSA) is 21.3 Å². The van der Waals surface area contributed by atoms with E-state index in [0.29, 0.717) is 12.1 Å². The van der Waals surface area contributed by atoms with Crippen molar-refractivity contribution in [2.24, 2.45) is 0 Å². The molecule has 5 heteroatoms. The van der Waals surface area contributed by atoms with Crippen LogP contribution >= 0.6 is 0 Å². The molecule has 0 bridgehead atoms. The van der Waals surface area contributed by atoms with Crippen LogP contribution in [0.4, 0.5) is 0 Å². The molecule has 1 saturated heterocycles. The SMILES string of the molecule is CB1NC2c3ccccc3CC2O1.[BH4-].[Li+]. The van der Waals surface area contributed by atoms with Gasteiger partial charge in [-0.05, 0) is 24.4 Å². The van der Waals surface area contributed by atoms with E-state index in [0.717, 1.165) is 6.42 Å². The van der Waals surface area contributed by atoms with Gasteiger partial charge in [0.15, 0.2) is 0 Å². The van der Waals surface area contributed by atoms with Crippen molar-refractivity contribution >= 4 is 15.5 Å². The Morgan fingerprint density at radius 2 is 2.13 bits per heavy atom. The third kappa shape index (κ3) is 2.05. The van der Waals surface area contributed by atoms with Crippen molar-refractivity contribution in [3.63, 3.8) is 0 Å². The van der Waals surface area contributed by atoms with E-state index in [1.54, 1.807) is 0 Å². The molecule has 2 atom stereocenters. The molecule has 1 heterocycles. The number of fused-ring (bicyclic) bond motifs is 3. The van der Waals surface area contributed by atoms with Gasteiger partial charge >= 0.3 is 25.9 Å². The zero-order valence-corrected chi connectivity index (χ0v) is 8.66. The van der Waals surface area contributed by atoms with E-state index in [4.69, 9.17) is 4.65 Å². The van der Waals surface area contributed by atoms with E-state index in [1.165, 1.54) is 11.1 Å². The van der Waals surface area contributed by atoms with Crippen molar-refractivity contribution in [2.75, 3.05) is 0 Å². The van der Waals surface area contributed by atoms with Gasteiger partial charge in [0.25, 0.3) is 0 Å². The van der Waals surface area contributed by atoms with Gasteiger partial charge in [-0.15, -0.1) is 0 Å². The van der Waals surface area contributed by atoms with Gasteiger partial charge in [-0.3, -0.25) is 0 Å². The summed E-state index contributed by atoms with van der Waals surface area (Å²) in [4.78, 5) is 0. The van der Waals surface area contributed by atoms with Crippen LogP contribution in [-0.2, 0) is 11.1 Å². The zero-order valence-electron chi connectivity index (χ0n) is 8.66. The molecule has 0 amide bonds. The molecular weight excluding hydrogens is 179 g/mol. The van der Waals surface area contributed by atoms with E-state index in [-0.39, 0.29) is 34.3 Å². The molecule has 1 N–H and O–H groups in total. The second-order valence-corrected chi connectivity index (χ2v) is 3.86. The zero-order chi connectivity index (χ0) is 8.84. The van der Waals surface area contributed by atoms with Crippen molar-refractivity contribution in [2.45, 2.75) is 25.4 Å². The van der Waals surface area contributed by atoms with Gasteiger partial charge in [-0.2, -0.15) is 0 Å². The monoisotopic (exact) mass is 195 g/mol. The van der Waals surface area contributed by atoms with Crippen LogP contribution in [0.2, 0.25) is 6.82 Å². The number of rotatable bonds is 0. The molecule has 2 nitrogen and oxygen atoms in total. The second-order valence-electron chi connectivity index (χ2n) is 3.86. The molecule has 1 aliphatic carbocycles. The minimum absolute atomic E-state index is 0. The molecule has 1 aromatic carbocycles. The van der Waals surface area contributed by atoms with Gasteiger partial charge in [0.2, 0.25) is 0 Å². The Morgan fingerprint density at radius 1 is 1.40 bits per heavy atom. The van der Waals surface area contributed by atoms with Crippen LogP contribution in [0.3, 0.4) is 0 Å². The first kappa shape index (κ1) is 12.9. The number of hydrogen-bond acceptors (Lipinski definition) is 2. The molecule has 3 rings (SSSR count). The van der Waals surface area contributed by atoms with Crippen molar-refractivity contribution in [1.82, 2.24) is 5.23 Å². The van der Waals surface area contributed by atoms with Crippen LogP contribution < -0.4 is 24.1 Å². The summed E-state index contributed by atoms with van der Waals surface area (Å²) < 4.78 is 5.76. The smallest absolute Gasteiger partial charge is 0.416 e. The standard InChI is InChI=1S/C10H12BNO.BH4.Li/c1-11-12-10-8-5-3-2-4-7(8)6-9(10)13-11;;/h2-5,9-10,12H,6H2,1H3;1H4;/q;-1;+1. The normalized spacial score (nSPS) is 26.3. The van der Waals surface area contributed by atoms with Gasteiger partial charge in [0.05, 0.1) is 6.10 Å². The van der Waals surface area contributed by atoms with E-state index >= 15 is 0 Å². The van der Waals surface area contributed by atoms with Gasteiger partial charge in [0.1, 0.15) is 0 Å². The van der Waals surface area contributed by atoms with Crippen LogP contribution in [0.1, 0.15) is 17.2 Å². The molecule has 2 aliphatic rings. The number of benzene rings is 1. The van der Waals surface area contributed by atoms with Gasteiger partial charge in [0, 0.05) is 6.04 Å². The average Bonchev–Trinajstić information content (AvgIpc) is 2.60. The molecule has 0 saturated carbocycles. The summed E-state index contributed by atoms with van der Waals surface area (Å²) in [6.45, 7) is 2.07. The summed E-state index contributed by atoms with van der Waals surface area (Å²) >= 11 is 0. The summed E-state index contributed by atoms with van der Waals surface area (Å²) in [5.41, 5.74) is 2.87.